The van der Waals surface area contributed by atoms with Gasteiger partial charge in [-0.3, -0.25) is 9.59 Å². The van der Waals surface area contributed by atoms with E-state index in [0.29, 0.717) is 12.0 Å². The van der Waals surface area contributed by atoms with Crippen LogP contribution in [0.1, 0.15) is 47.0 Å². The molecule has 5 rings (SSSR count). The quantitative estimate of drug-likeness (QED) is 0.693. The van der Waals surface area contributed by atoms with E-state index in [2.05, 4.69) is 0 Å². The Labute approximate surface area is 181 Å². The Morgan fingerprint density at radius 2 is 1.97 bits per heavy atom. The summed E-state index contributed by atoms with van der Waals surface area (Å²) in [5.74, 6) is -2.28. The van der Waals surface area contributed by atoms with Crippen LogP contribution in [-0.4, -0.2) is 58.2 Å². The number of hydrogen-bond donors (Lipinski definition) is 2. The van der Waals surface area contributed by atoms with Gasteiger partial charge in [0.1, 0.15) is 12.8 Å². The highest BCUT2D eigenvalue weighted by Crippen LogP contribution is 2.70. The Hall–Kier alpha value is -1.41. The molecule has 1 saturated heterocycles. The maximum Gasteiger partial charge on any atom is 0.193 e. The van der Waals surface area contributed by atoms with Crippen molar-refractivity contribution in [2.45, 2.75) is 76.7 Å². The molecular formula is C24H31FO6. The summed E-state index contributed by atoms with van der Waals surface area (Å²) >= 11 is 0. The molecule has 0 unspecified atom stereocenters. The normalized spacial score (nSPS) is 52.1. The number of hydrogen-bond acceptors (Lipinski definition) is 6. The standard InChI is InChI=1S/C24H31FO6/c1-21(2)30-19-9-14-13-8-16(25)15-7-12(27)5-6-22(15,3)20(13)17(28)10-23(14,4)24(19,31-21)18(29)11-26/h5-7,13-14,16-17,19-20,26,28H,8-11H2,1-4H3/t13-,14-,16+,17+,19-,20+,22+,23+,24+/m1/s1. The van der Waals surface area contributed by atoms with E-state index in [4.69, 9.17) is 9.47 Å². The van der Waals surface area contributed by atoms with Crippen LogP contribution < -0.4 is 0 Å². The molecule has 0 aromatic heterocycles. The summed E-state index contributed by atoms with van der Waals surface area (Å²) in [5.41, 5.74) is -2.50. The van der Waals surface area contributed by atoms with Gasteiger partial charge in [-0.2, -0.15) is 0 Å². The first-order chi connectivity index (χ1) is 14.4. The van der Waals surface area contributed by atoms with Crippen LogP contribution >= 0.6 is 0 Å². The predicted molar refractivity (Wildman–Crippen MR) is 109 cm³/mol. The first kappa shape index (κ1) is 21.4. The number of rotatable bonds is 2. The average molecular weight is 435 g/mol. The second-order valence-electron chi connectivity index (χ2n) is 11.0. The van der Waals surface area contributed by atoms with E-state index in [-0.39, 0.29) is 36.4 Å². The Morgan fingerprint density at radius 3 is 2.65 bits per heavy atom. The van der Waals surface area contributed by atoms with Crippen LogP contribution in [0.5, 0.6) is 0 Å². The molecule has 4 fully saturated rings. The highest BCUT2D eigenvalue weighted by atomic mass is 19.1. The molecule has 2 N–H and O–H groups in total. The van der Waals surface area contributed by atoms with Crippen LogP contribution in [0.25, 0.3) is 0 Å². The summed E-state index contributed by atoms with van der Waals surface area (Å²) in [5, 5.41) is 21.3. The van der Waals surface area contributed by atoms with Gasteiger partial charge in [0.2, 0.25) is 0 Å². The van der Waals surface area contributed by atoms with Crippen molar-refractivity contribution in [1.29, 1.82) is 0 Å². The number of aliphatic hydroxyl groups excluding tert-OH is 2. The maximum absolute atomic E-state index is 15.4. The molecule has 1 aliphatic heterocycles. The van der Waals surface area contributed by atoms with Gasteiger partial charge in [-0.1, -0.05) is 19.9 Å². The van der Waals surface area contributed by atoms with Gasteiger partial charge in [0.25, 0.3) is 0 Å². The monoisotopic (exact) mass is 434 g/mol. The van der Waals surface area contributed by atoms with Gasteiger partial charge in [0.15, 0.2) is 23.0 Å². The van der Waals surface area contributed by atoms with E-state index in [1.165, 1.54) is 12.2 Å². The SMILES string of the molecule is CC1(C)O[C@@H]2C[C@@H]3[C@H]4C[C@H](F)C5=CC(=O)C=C[C@]5(C)[C@@H]4[C@@H](O)C[C@]3(C)[C@@]2(C(=O)CO)O1. The highest BCUT2D eigenvalue weighted by molar-refractivity contribution is 6.01. The molecular weight excluding hydrogens is 403 g/mol. The number of allylic oxidation sites excluding steroid dienone is 4. The van der Waals surface area contributed by atoms with Crippen molar-refractivity contribution in [1.82, 2.24) is 0 Å². The molecule has 0 bridgehead atoms. The Balaban J connectivity index is 1.62. The Bertz CT molecular complexity index is 910. The highest BCUT2D eigenvalue weighted by Gasteiger charge is 2.77. The lowest BCUT2D eigenvalue weighted by atomic mass is 9.46. The lowest BCUT2D eigenvalue weighted by molar-refractivity contribution is -0.226. The van der Waals surface area contributed by atoms with Gasteiger partial charge in [-0.05, 0) is 62.7 Å². The van der Waals surface area contributed by atoms with Crippen LogP contribution in [0.4, 0.5) is 4.39 Å². The van der Waals surface area contributed by atoms with Crippen molar-refractivity contribution in [3.05, 3.63) is 23.8 Å². The smallest absolute Gasteiger partial charge is 0.193 e. The summed E-state index contributed by atoms with van der Waals surface area (Å²) in [6.07, 6.45) is 2.90. The van der Waals surface area contributed by atoms with Gasteiger partial charge < -0.3 is 19.7 Å². The molecule has 1 heterocycles. The maximum atomic E-state index is 15.4. The van der Waals surface area contributed by atoms with E-state index in [9.17, 15) is 19.8 Å². The minimum Gasteiger partial charge on any atom is -0.393 e. The van der Waals surface area contributed by atoms with Gasteiger partial charge in [0, 0.05) is 16.7 Å². The zero-order chi connectivity index (χ0) is 22.6. The van der Waals surface area contributed by atoms with Crippen LogP contribution in [0, 0.1) is 28.6 Å². The largest absolute Gasteiger partial charge is 0.393 e. The third-order valence-corrected chi connectivity index (χ3v) is 9.03. The van der Waals surface area contributed by atoms with Crippen molar-refractivity contribution in [2.24, 2.45) is 28.6 Å². The first-order valence-electron chi connectivity index (χ1n) is 11.2. The van der Waals surface area contributed by atoms with Gasteiger partial charge in [0.05, 0.1) is 12.2 Å². The number of fused-ring (bicyclic) bond motifs is 7. The predicted octanol–water partition coefficient (Wildman–Crippen LogP) is 2.27. The molecule has 0 radical (unpaired) electrons. The van der Waals surface area contributed by atoms with Crippen LogP contribution in [0.2, 0.25) is 0 Å². The molecule has 0 spiro atoms. The number of carbonyl (C=O) groups excluding carboxylic acids is 2. The average Bonchev–Trinajstić information content (AvgIpc) is 3.08. The zero-order valence-corrected chi connectivity index (χ0v) is 18.4. The summed E-state index contributed by atoms with van der Waals surface area (Å²) in [7, 11) is 0. The summed E-state index contributed by atoms with van der Waals surface area (Å²) < 4.78 is 27.9. The van der Waals surface area contributed by atoms with E-state index < -0.39 is 53.0 Å². The number of ketones is 2. The van der Waals surface area contributed by atoms with E-state index >= 15 is 4.39 Å². The van der Waals surface area contributed by atoms with Crippen molar-refractivity contribution in [3.8, 4) is 0 Å². The number of alkyl halides is 1. The molecule has 7 heteroatoms. The third kappa shape index (κ3) is 2.52. The topological polar surface area (TPSA) is 93.1 Å². The second kappa shape index (κ2) is 6.34. The van der Waals surface area contributed by atoms with E-state index in [0.717, 1.165) is 0 Å². The van der Waals surface area contributed by atoms with Crippen molar-refractivity contribution in [2.75, 3.05) is 6.61 Å². The number of Topliss-reactive ketones (excluding diaryl/α,β-unsaturated/α-hetero) is 1. The van der Waals surface area contributed by atoms with Gasteiger partial charge in [-0.25, -0.2) is 4.39 Å². The number of aliphatic hydroxyl groups is 2. The molecule has 0 aromatic carbocycles. The molecule has 31 heavy (non-hydrogen) atoms. The number of ether oxygens (including phenoxy) is 2. The summed E-state index contributed by atoms with van der Waals surface area (Å²) in [6.45, 7) is 6.65. The molecule has 5 aliphatic rings. The molecule has 0 amide bonds. The second-order valence-corrected chi connectivity index (χ2v) is 11.0. The fourth-order valence-electron chi connectivity index (χ4n) is 8.05. The van der Waals surface area contributed by atoms with E-state index in [1.807, 2.05) is 13.8 Å². The van der Waals surface area contributed by atoms with Crippen molar-refractivity contribution < 1.29 is 33.7 Å². The summed E-state index contributed by atoms with van der Waals surface area (Å²) in [4.78, 5) is 25.1. The van der Waals surface area contributed by atoms with Crippen molar-refractivity contribution >= 4 is 11.6 Å². The molecule has 0 aromatic rings. The van der Waals surface area contributed by atoms with Crippen LogP contribution in [0.3, 0.4) is 0 Å². The Morgan fingerprint density at radius 1 is 1.26 bits per heavy atom. The van der Waals surface area contributed by atoms with Crippen LogP contribution in [0.15, 0.2) is 23.8 Å². The Kier molecular flexibility index (Phi) is 4.38. The fraction of sp³-hybridized carbons (Fsp3) is 0.750. The minimum absolute atomic E-state index is 0.125. The van der Waals surface area contributed by atoms with Gasteiger partial charge >= 0.3 is 0 Å². The lowest BCUT2D eigenvalue weighted by Crippen LogP contribution is -2.64. The molecule has 3 saturated carbocycles. The summed E-state index contributed by atoms with van der Waals surface area (Å²) in [6, 6.07) is 0. The molecule has 9 atom stereocenters. The van der Waals surface area contributed by atoms with Gasteiger partial charge in [-0.15, -0.1) is 0 Å². The minimum atomic E-state index is -1.37. The van der Waals surface area contributed by atoms with Crippen molar-refractivity contribution in [3.63, 3.8) is 0 Å². The number of halogens is 1. The molecule has 4 aliphatic carbocycles. The van der Waals surface area contributed by atoms with Crippen LogP contribution in [-0.2, 0) is 19.1 Å². The zero-order valence-electron chi connectivity index (χ0n) is 18.4. The molecule has 170 valence electrons. The third-order valence-electron chi connectivity index (χ3n) is 9.03. The molecule has 6 nitrogen and oxygen atoms in total. The van der Waals surface area contributed by atoms with E-state index in [1.54, 1.807) is 19.9 Å². The number of carbonyl (C=O) groups is 2. The first-order valence-corrected chi connectivity index (χ1v) is 11.2. The lowest BCUT2D eigenvalue weighted by Gasteiger charge is -2.60. The fourth-order valence-corrected chi connectivity index (χ4v) is 8.05.